The Morgan fingerprint density at radius 3 is 2.37 bits per heavy atom. The summed E-state index contributed by atoms with van der Waals surface area (Å²) in [5.74, 6) is 1.81. The van der Waals surface area contributed by atoms with Crippen LogP contribution in [0.2, 0.25) is 0 Å². The number of ether oxygens (including phenoxy) is 3. The molecule has 0 amide bonds. The van der Waals surface area contributed by atoms with Crippen LogP contribution in [0.3, 0.4) is 0 Å². The van der Waals surface area contributed by atoms with Gasteiger partial charge in [0.2, 0.25) is 0 Å². The lowest BCUT2D eigenvalue weighted by Gasteiger charge is -2.15. The van der Waals surface area contributed by atoms with Crippen molar-refractivity contribution in [3.63, 3.8) is 0 Å². The fourth-order valence-electron chi connectivity index (χ4n) is 3.05. The first-order valence-corrected chi connectivity index (χ1v) is 9.68. The zero-order valence-corrected chi connectivity index (χ0v) is 17.1. The molecular weight excluding hydrogens is 385 g/mol. The van der Waals surface area contributed by atoms with E-state index in [-0.39, 0.29) is 12.4 Å². The minimum absolute atomic E-state index is 0.145. The normalized spacial score (nSPS) is 11.7. The van der Waals surface area contributed by atoms with Crippen LogP contribution in [0.25, 0.3) is 11.1 Å². The van der Waals surface area contributed by atoms with E-state index in [9.17, 15) is 9.50 Å². The van der Waals surface area contributed by atoms with Gasteiger partial charge >= 0.3 is 0 Å². The third-order valence-electron chi connectivity index (χ3n) is 4.67. The van der Waals surface area contributed by atoms with Crippen molar-refractivity contribution in [2.24, 2.45) is 0 Å². The molecule has 2 N–H and O–H groups in total. The summed E-state index contributed by atoms with van der Waals surface area (Å²) in [6, 6.07) is 19.4. The Morgan fingerprint density at radius 2 is 1.67 bits per heavy atom. The maximum Gasteiger partial charge on any atom is 0.131 e. The predicted octanol–water partition coefficient (Wildman–Crippen LogP) is 4.04. The van der Waals surface area contributed by atoms with Gasteiger partial charge in [-0.05, 0) is 29.8 Å². The smallest absolute Gasteiger partial charge is 0.131 e. The summed E-state index contributed by atoms with van der Waals surface area (Å²) in [5, 5.41) is 13.4. The van der Waals surface area contributed by atoms with Gasteiger partial charge in [0, 0.05) is 30.3 Å². The van der Waals surface area contributed by atoms with Gasteiger partial charge in [-0.3, -0.25) is 0 Å². The second-order valence-corrected chi connectivity index (χ2v) is 6.78. The van der Waals surface area contributed by atoms with Crippen LogP contribution in [-0.4, -0.2) is 38.6 Å². The number of hydrogen-bond donors (Lipinski definition) is 2. The van der Waals surface area contributed by atoms with Crippen LogP contribution in [-0.2, 0) is 6.54 Å². The molecule has 0 fully saturated rings. The highest BCUT2D eigenvalue weighted by Crippen LogP contribution is 2.25. The minimum atomic E-state index is -0.680. The summed E-state index contributed by atoms with van der Waals surface area (Å²) in [7, 11) is 3.22. The summed E-state index contributed by atoms with van der Waals surface area (Å²) < 4.78 is 30.1. The first-order valence-electron chi connectivity index (χ1n) is 9.68. The summed E-state index contributed by atoms with van der Waals surface area (Å²) >= 11 is 0. The third kappa shape index (κ3) is 5.72. The van der Waals surface area contributed by atoms with Gasteiger partial charge in [0.15, 0.2) is 0 Å². The van der Waals surface area contributed by atoms with Crippen LogP contribution in [0.1, 0.15) is 5.56 Å². The lowest BCUT2D eigenvalue weighted by atomic mass is 10.1. The van der Waals surface area contributed by atoms with E-state index >= 15 is 0 Å². The fraction of sp³-hybridized carbons (Fsp3) is 0.250. The molecule has 0 saturated heterocycles. The Morgan fingerprint density at radius 1 is 0.933 bits per heavy atom. The molecule has 0 aliphatic rings. The Labute approximate surface area is 176 Å². The number of benzene rings is 3. The van der Waals surface area contributed by atoms with E-state index in [1.54, 1.807) is 56.7 Å². The second kappa shape index (κ2) is 10.6. The first kappa shape index (κ1) is 21.6. The maximum atomic E-state index is 13.9. The molecule has 0 saturated carbocycles. The van der Waals surface area contributed by atoms with Crippen molar-refractivity contribution >= 4 is 0 Å². The third-order valence-corrected chi connectivity index (χ3v) is 4.67. The van der Waals surface area contributed by atoms with Crippen LogP contribution in [0.15, 0.2) is 66.7 Å². The van der Waals surface area contributed by atoms with Gasteiger partial charge in [-0.1, -0.05) is 36.4 Å². The van der Waals surface area contributed by atoms with Gasteiger partial charge in [0.1, 0.15) is 35.8 Å². The molecule has 1 atom stereocenters. The fourth-order valence-corrected chi connectivity index (χ4v) is 3.05. The van der Waals surface area contributed by atoms with E-state index in [2.05, 4.69) is 5.32 Å². The topological polar surface area (TPSA) is 60.0 Å². The highest BCUT2D eigenvalue weighted by molar-refractivity contribution is 5.64. The van der Waals surface area contributed by atoms with Crippen molar-refractivity contribution in [2.45, 2.75) is 12.6 Å². The summed E-state index contributed by atoms with van der Waals surface area (Å²) in [4.78, 5) is 0. The average molecular weight is 411 g/mol. The molecule has 0 heterocycles. The van der Waals surface area contributed by atoms with Gasteiger partial charge in [0.05, 0.1) is 14.2 Å². The number of methoxy groups -OCH3 is 2. The van der Waals surface area contributed by atoms with Crippen LogP contribution in [0, 0.1) is 5.82 Å². The number of nitrogens with one attached hydrogen (secondary N) is 1. The number of rotatable bonds is 10. The zero-order valence-electron chi connectivity index (χ0n) is 17.1. The molecule has 3 aromatic rings. The van der Waals surface area contributed by atoms with E-state index < -0.39 is 6.10 Å². The molecule has 3 aromatic carbocycles. The van der Waals surface area contributed by atoms with Gasteiger partial charge in [0.25, 0.3) is 0 Å². The second-order valence-electron chi connectivity index (χ2n) is 6.78. The lowest BCUT2D eigenvalue weighted by molar-refractivity contribution is 0.106. The molecule has 3 rings (SSSR count). The van der Waals surface area contributed by atoms with Gasteiger partial charge in [-0.2, -0.15) is 0 Å². The van der Waals surface area contributed by atoms with E-state index in [1.807, 2.05) is 18.2 Å². The summed E-state index contributed by atoms with van der Waals surface area (Å²) in [6.45, 7) is 1.05. The number of hydrogen-bond acceptors (Lipinski definition) is 5. The Kier molecular flexibility index (Phi) is 7.65. The van der Waals surface area contributed by atoms with Gasteiger partial charge in [-0.25, -0.2) is 4.39 Å². The van der Waals surface area contributed by atoms with Crippen molar-refractivity contribution in [2.75, 3.05) is 27.4 Å². The molecule has 5 nitrogen and oxygen atoms in total. The SMILES string of the molecule is COc1ccc(CNCC(O)COc2ccc(-c3ccccc3F)cc2)c(OC)c1. The van der Waals surface area contributed by atoms with Crippen LogP contribution in [0.5, 0.6) is 17.2 Å². The molecule has 30 heavy (non-hydrogen) atoms. The van der Waals surface area contributed by atoms with Crippen molar-refractivity contribution in [1.82, 2.24) is 5.32 Å². The largest absolute Gasteiger partial charge is 0.497 e. The molecule has 1 unspecified atom stereocenters. The standard InChI is InChI=1S/C24H26FNO4/c1-28-21-12-9-18(24(13-21)29-2)14-26-15-19(27)16-30-20-10-7-17(8-11-20)22-5-3-4-6-23(22)25/h3-13,19,26-27H,14-16H2,1-2H3. The van der Waals surface area contributed by atoms with Crippen LogP contribution in [0.4, 0.5) is 4.39 Å². The monoisotopic (exact) mass is 411 g/mol. The van der Waals surface area contributed by atoms with E-state index in [0.717, 1.165) is 22.6 Å². The quantitative estimate of drug-likeness (QED) is 0.527. The van der Waals surface area contributed by atoms with Crippen LogP contribution < -0.4 is 19.5 Å². The van der Waals surface area contributed by atoms with E-state index in [0.29, 0.717) is 24.4 Å². The van der Waals surface area contributed by atoms with E-state index in [4.69, 9.17) is 14.2 Å². The molecular formula is C24H26FNO4. The van der Waals surface area contributed by atoms with Crippen LogP contribution >= 0.6 is 0 Å². The highest BCUT2D eigenvalue weighted by Gasteiger charge is 2.09. The average Bonchev–Trinajstić information content (AvgIpc) is 2.78. The van der Waals surface area contributed by atoms with Crippen molar-refractivity contribution < 1.29 is 23.7 Å². The molecule has 158 valence electrons. The van der Waals surface area contributed by atoms with Crippen molar-refractivity contribution in [3.05, 3.63) is 78.1 Å². The van der Waals surface area contributed by atoms with Gasteiger partial charge < -0.3 is 24.6 Å². The number of halogens is 1. The Hall–Kier alpha value is -3.09. The van der Waals surface area contributed by atoms with Gasteiger partial charge in [-0.15, -0.1) is 0 Å². The summed E-state index contributed by atoms with van der Waals surface area (Å²) in [6.07, 6.45) is -0.680. The molecule has 0 aromatic heterocycles. The zero-order chi connectivity index (χ0) is 21.3. The molecule has 6 heteroatoms. The molecule has 0 aliphatic heterocycles. The summed E-state index contributed by atoms with van der Waals surface area (Å²) in [5.41, 5.74) is 2.29. The minimum Gasteiger partial charge on any atom is -0.497 e. The Balaban J connectivity index is 1.46. The lowest BCUT2D eigenvalue weighted by Crippen LogP contribution is -2.31. The van der Waals surface area contributed by atoms with Crippen molar-refractivity contribution in [1.29, 1.82) is 0 Å². The first-order chi connectivity index (χ1) is 14.6. The van der Waals surface area contributed by atoms with Crippen molar-refractivity contribution in [3.8, 4) is 28.4 Å². The number of aliphatic hydroxyl groups excluding tert-OH is 1. The number of aliphatic hydroxyl groups is 1. The molecule has 0 spiro atoms. The molecule has 0 aliphatic carbocycles. The maximum absolute atomic E-state index is 13.9. The predicted molar refractivity (Wildman–Crippen MR) is 115 cm³/mol. The highest BCUT2D eigenvalue weighted by atomic mass is 19.1. The molecule has 0 radical (unpaired) electrons. The van der Waals surface area contributed by atoms with E-state index in [1.165, 1.54) is 6.07 Å². The Bertz CT molecular complexity index is 946. The molecule has 0 bridgehead atoms.